The van der Waals surface area contributed by atoms with E-state index in [0.29, 0.717) is 36.9 Å². The molecular formula is C19H32N4O5. The minimum Gasteiger partial charge on any atom is -0.463 e. The molecule has 1 saturated heterocycles. The summed E-state index contributed by atoms with van der Waals surface area (Å²) in [5, 5.41) is 8.18. The molecule has 3 N–H and O–H groups in total. The van der Waals surface area contributed by atoms with Crippen molar-refractivity contribution < 1.29 is 23.9 Å². The summed E-state index contributed by atoms with van der Waals surface area (Å²) in [6.07, 6.45) is 1.45. The Bertz CT molecular complexity index is 618. The van der Waals surface area contributed by atoms with E-state index in [1.807, 2.05) is 20.8 Å². The first-order valence-corrected chi connectivity index (χ1v) is 9.81. The Morgan fingerprint density at radius 1 is 1.25 bits per heavy atom. The zero-order valence-corrected chi connectivity index (χ0v) is 17.2. The Balaban J connectivity index is 1.83. The molecule has 0 radical (unpaired) electrons. The minimum atomic E-state index is -0.503. The van der Waals surface area contributed by atoms with Crippen molar-refractivity contribution in [2.75, 3.05) is 39.3 Å². The van der Waals surface area contributed by atoms with Gasteiger partial charge in [0.1, 0.15) is 5.60 Å². The van der Waals surface area contributed by atoms with E-state index in [1.54, 1.807) is 6.92 Å². The summed E-state index contributed by atoms with van der Waals surface area (Å²) >= 11 is 0. The molecule has 0 aromatic heterocycles. The van der Waals surface area contributed by atoms with Crippen molar-refractivity contribution in [3.63, 3.8) is 0 Å². The number of likely N-dealkylation sites (tertiary alicyclic amines) is 1. The average molecular weight is 396 g/mol. The largest absolute Gasteiger partial charge is 0.463 e. The topological polar surface area (TPSA) is 109 Å². The molecule has 28 heavy (non-hydrogen) atoms. The molecule has 1 fully saturated rings. The number of rotatable bonds is 6. The highest BCUT2D eigenvalue weighted by atomic mass is 16.6. The van der Waals surface area contributed by atoms with Gasteiger partial charge in [-0.3, -0.25) is 4.90 Å². The Morgan fingerprint density at radius 2 is 1.93 bits per heavy atom. The number of nitrogens with one attached hydrogen (secondary N) is 3. The van der Waals surface area contributed by atoms with Crippen LogP contribution in [0.15, 0.2) is 11.3 Å². The van der Waals surface area contributed by atoms with E-state index in [0.717, 1.165) is 25.9 Å². The molecule has 2 heterocycles. The molecule has 0 bridgehead atoms. The Hall–Kier alpha value is -2.29. The molecule has 2 rings (SSSR count). The van der Waals surface area contributed by atoms with Crippen molar-refractivity contribution in [2.24, 2.45) is 5.92 Å². The van der Waals surface area contributed by atoms with Crippen LogP contribution in [0.25, 0.3) is 0 Å². The fourth-order valence-electron chi connectivity index (χ4n) is 3.19. The van der Waals surface area contributed by atoms with Crippen LogP contribution < -0.4 is 16.0 Å². The van der Waals surface area contributed by atoms with E-state index in [-0.39, 0.29) is 12.6 Å². The van der Waals surface area contributed by atoms with E-state index in [2.05, 4.69) is 20.9 Å². The van der Waals surface area contributed by atoms with Crippen LogP contribution in [-0.2, 0) is 14.3 Å². The highest BCUT2D eigenvalue weighted by Gasteiger charge is 2.27. The summed E-state index contributed by atoms with van der Waals surface area (Å²) in [6, 6.07) is -0.306. The lowest BCUT2D eigenvalue weighted by Gasteiger charge is -2.34. The van der Waals surface area contributed by atoms with Crippen LogP contribution >= 0.6 is 0 Å². The monoisotopic (exact) mass is 396 g/mol. The molecular weight excluding hydrogens is 364 g/mol. The van der Waals surface area contributed by atoms with Gasteiger partial charge in [0, 0.05) is 18.8 Å². The van der Waals surface area contributed by atoms with E-state index < -0.39 is 17.7 Å². The third-order valence-electron chi connectivity index (χ3n) is 4.60. The number of alkyl carbamates (subject to hydrolysis) is 1. The van der Waals surface area contributed by atoms with Crippen LogP contribution in [0.2, 0.25) is 0 Å². The summed E-state index contributed by atoms with van der Waals surface area (Å²) in [5.74, 6) is -0.0219. The first kappa shape index (κ1) is 22.0. The van der Waals surface area contributed by atoms with Gasteiger partial charge in [-0.2, -0.15) is 0 Å². The SMILES string of the molecule is CCOC(=O)C1=C(CN2CCC(CNC(=O)OC(C)(C)C)CC2)NC(=O)NC1. The number of esters is 1. The minimum absolute atomic E-state index is 0.177. The highest BCUT2D eigenvalue weighted by Crippen LogP contribution is 2.19. The fraction of sp³-hybridized carbons (Fsp3) is 0.737. The number of amides is 3. The molecule has 2 aliphatic heterocycles. The number of piperidine rings is 1. The maximum absolute atomic E-state index is 12.1. The number of carbonyl (C=O) groups is 3. The van der Waals surface area contributed by atoms with E-state index in [1.165, 1.54) is 0 Å². The number of hydrogen-bond donors (Lipinski definition) is 3. The van der Waals surface area contributed by atoms with Crippen LogP contribution in [0.4, 0.5) is 9.59 Å². The predicted molar refractivity (Wildman–Crippen MR) is 104 cm³/mol. The molecule has 0 atom stereocenters. The Morgan fingerprint density at radius 3 is 2.54 bits per heavy atom. The standard InChI is InChI=1S/C19H32N4O5/c1-5-27-16(24)14-11-20-17(25)22-15(14)12-23-8-6-13(7-9-23)10-21-18(26)28-19(2,3)4/h13H,5-12H2,1-4H3,(H,21,26)(H2,20,22,25). The summed E-state index contributed by atoms with van der Waals surface area (Å²) in [6.45, 7) is 10.5. The van der Waals surface area contributed by atoms with Crippen molar-refractivity contribution in [1.29, 1.82) is 0 Å². The normalized spacial score (nSPS) is 18.9. The quantitative estimate of drug-likeness (QED) is 0.585. The molecule has 3 amide bonds. The zero-order valence-electron chi connectivity index (χ0n) is 17.2. The lowest BCUT2D eigenvalue weighted by atomic mass is 9.96. The first-order chi connectivity index (χ1) is 13.2. The smallest absolute Gasteiger partial charge is 0.407 e. The predicted octanol–water partition coefficient (Wildman–Crippen LogP) is 1.35. The third kappa shape index (κ3) is 7.03. The molecule has 0 unspecified atom stereocenters. The summed E-state index contributed by atoms with van der Waals surface area (Å²) in [4.78, 5) is 37.7. The van der Waals surface area contributed by atoms with Crippen molar-refractivity contribution in [2.45, 2.75) is 46.1 Å². The molecule has 158 valence electrons. The lowest BCUT2D eigenvalue weighted by molar-refractivity contribution is -0.138. The summed E-state index contributed by atoms with van der Waals surface area (Å²) in [5.41, 5.74) is 0.569. The van der Waals surface area contributed by atoms with Gasteiger partial charge in [-0.25, -0.2) is 14.4 Å². The first-order valence-electron chi connectivity index (χ1n) is 9.81. The zero-order chi connectivity index (χ0) is 20.7. The van der Waals surface area contributed by atoms with Crippen molar-refractivity contribution in [3.05, 3.63) is 11.3 Å². The summed E-state index contributed by atoms with van der Waals surface area (Å²) in [7, 11) is 0. The van der Waals surface area contributed by atoms with Gasteiger partial charge < -0.3 is 25.4 Å². The third-order valence-corrected chi connectivity index (χ3v) is 4.60. The number of carbonyl (C=O) groups excluding carboxylic acids is 3. The molecule has 2 aliphatic rings. The number of hydrogen-bond acceptors (Lipinski definition) is 6. The van der Waals surface area contributed by atoms with Gasteiger partial charge in [-0.1, -0.05) is 0 Å². The van der Waals surface area contributed by atoms with Crippen LogP contribution in [0, 0.1) is 5.92 Å². The second-order valence-electron chi connectivity index (χ2n) is 8.09. The Kier molecular flexibility index (Phi) is 7.68. The Labute approximate surface area is 166 Å². The number of nitrogens with zero attached hydrogens (tertiary/aromatic N) is 1. The second kappa shape index (κ2) is 9.77. The van der Waals surface area contributed by atoms with Crippen LogP contribution in [0.1, 0.15) is 40.5 Å². The maximum Gasteiger partial charge on any atom is 0.407 e. The van der Waals surface area contributed by atoms with E-state index in [4.69, 9.17) is 9.47 Å². The molecule has 0 aromatic carbocycles. The number of ether oxygens (including phenoxy) is 2. The van der Waals surface area contributed by atoms with Crippen molar-refractivity contribution >= 4 is 18.1 Å². The molecule has 9 heteroatoms. The highest BCUT2D eigenvalue weighted by molar-refractivity contribution is 5.93. The lowest BCUT2D eigenvalue weighted by Crippen LogP contribution is -2.48. The van der Waals surface area contributed by atoms with Crippen molar-refractivity contribution in [1.82, 2.24) is 20.9 Å². The average Bonchev–Trinajstić information content (AvgIpc) is 2.60. The molecule has 0 aromatic rings. The van der Waals surface area contributed by atoms with E-state index >= 15 is 0 Å². The second-order valence-corrected chi connectivity index (χ2v) is 8.09. The molecule has 0 saturated carbocycles. The van der Waals surface area contributed by atoms with Gasteiger partial charge in [0.25, 0.3) is 0 Å². The van der Waals surface area contributed by atoms with Gasteiger partial charge >= 0.3 is 18.1 Å². The molecule has 0 spiro atoms. The van der Waals surface area contributed by atoms with E-state index in [9.17, 15) is 14.4 Å². The van der Waals surface area contributed by atoms with Gasteiger partial charge in [0.2, 0.25) is 0 Å². The van der Waals surface area contributed by atoms with Gasteiger partial charge in [0.15, 0.2) is 0 Å². The summed E-state index contributed by atoms with van der Waals surface area (Å²) < 4.78 is 10.3. The fourth-order valence-corrected chi connectivity index (χ4v) is 3.19. The van der Waals surface area contributed by atoms with Gasteiger partial charge in [-0.05, 0) is 59.5 Å². The van der Waals surface area contributed by atoms with Crippen LogP contribution in [-0.4, -0.2) is 67.9 Å². The molecule has 0 aliphatic carbocycles. The van der Waals surface area contributed by atoms with Crippen molar-refractivity contribution in [3.8, 4) is 0 Å². The van der Waals surface area contributed by atoms with Gasteiger partial charge in [-0.15, -0.1) is 0 Å². The maximum atomic E-state index is 12.1. The number of urea groups is 1. The van der Waals surface area contributed by atoms with Crippen LogP contribution in [0.5, 0.6) is 0 Å². The molecule has 9 nitrogen and oxygen atoms in total. The van der Waals surface area contributed by atoms with Crippen LogP contribution in [0.3, 0.4) is 0 Å². The van der Waals surface area contributed by atoms with Gasteiger partial charge in [0.05, 0.1) is 18.7 Å².